The predicted molar refractivity (Wildman–Crippen MR) is 124 cm³/mol. The summed E-state index contributed by atoms with van der Waals surface area (Å²) in [6.07, 6.45) is 1.78. The highest BCUT2D eigenvalue weighted by Crippen LogP contribution is 2.46. The largest absolute Gasteiger partial charge is 0.491 e. The quantitative estimate of drug-likeness (QED) is 0.385. The molecule has 4 aromatic rings. The van der Waals surface area contributed by atoms with Crippen LogP contribution in [-0.4, -0.2) is 86.0 Å². The molecular weight excluding hydrogens is 484 g/mol. The van der Waals surface area contributed by atoms with E-state index in [2.05, 4.69) is 15.0 Å². The Morgan fingerprint density at radius 2 is 2.00 bits per heavy atom. The Balaban J connectivity index is 1.29. The average Bonchev–Trinajstić information content (AvgIpc) is 3.53. The van der Waals surface area contributed by atoms with Gasteiger partial charge in [0.05, 0.1) is 30.2 Å². The highest BCUT2D eigenvalue weighted by molar-refractivity contribution is 7.91. The van der Waals surface area contributed by atoms with Gasteiger partial charge in [-0.3, -0.25) is 4.90 Å². The van der Waals surface area contributed by atoms with Gasteiger partial charge in [0, 0.05) is 25.7 Å². The zero-order chi connectivity index (χ0) is 23.3. The molecule has 34 heavy (non-hydrogen) atoms. The van der Waals surface area contributed by atoms with Gasteiger partial charge >= 0.3 is 0 Å². The number of hydrogen-bond donors (Lipinski definition) is 0. The Bertz CT molecular complexity index is 1430. The van der Waals surface area contributed by atoms with Crippen LogP contribution in [0.1, 0.15) is 0 Å². The molecule has 3 aromatic heterocycles. The first-order valence-corrected chi connectivity index (χ1v) is 13.5. The lowest BCUT2D eigenvalue weighted by atomic mass is 10.2. The molecule has 0 amide bonds. The van der Waals surface area contributed by atoms with Gasteiger partial charge in [-0.1, -0.05) is 0 Å². The van der Waals surface area contributed by atoms with Gasteiger partial charge in [0.1, 0.15) is 31.3 Å². The van der Waals surface area contributed by atoms with Gasteiger partial charge in [0.25, 0.3) is 5.19 Å². The maximum atomic E-state index is 11.7. The minimum atomic E-state index is -2.91. The zero-order valence-corrected chi connectivity index (χ0v) is 20.0. The molecule has 2 aliphatic heterocycles. The molecule has 0 bridgehead atoms. The zero-order valence-electron chi connectivity index (χ0n) is 18.4. The summed E-state index contributed by atoms with van der Waals surface area (Å²) in [7, 11) is -1.34. The third kappa shape index (κ3) is 3.93. The van der Waals surface area contributed by atoms with Crippen LogP contribution in [0.15, 0.2) is 22.7 Å². The van der Waals surface area contributed by atoms with E-state index < -0.39 is 9.84 Å². The van der Waals surface area contributed by atoms with Crippen molar-refractivity contribution >= 4 is 37.1 Å². The van der Waals surface area contributed by atoms with E-state index in [1.54, 1.807) is 17.8 Å². The third-order valence-corrected chi connectivity index (χ3v) is 8.32. The van der Waals surface area contributed by atoms with Gasteiger partial charge in [-0.15, -0.1) is 5.10 Å². The first-order chi connectivity index (χ1) is 16.5. The summed E-state index contributed by atoms with van der Waals surface area (Å²) in [4.78, 5) is 7.38. The van der Waals surface area contributed by atoms with Gasteiger partial charge < -0.3 is 23.4 Å². The molecule has 6 rings (SSSR count). The Labute approximate surface area is 198 Å². The molecule has 13 heteroatoms. The molecule has 0 N–H and O–H groups in total. The number of furan rings is 1. The fourth-order valence-corrected chi connectivity index (χ4v) is 6.02. The van der Waals surface area contributed by atoms with Crippen molar-refractivity contribution in [2.24, 2.45) is 0 Å². The van der Waals surface area contributed by atoms with E-state index in [1.807, 2.05) is 12.1 Å². The second kappa shape index (κ2) is 8.32. The number of benzene rings is 1. The molecule has 1 aromatic carbocycles. The standard InChI is InChI=1S/C21H22N4O7S2/c1-28-21-23-25-12-14(22-20(25)33-21)16-10-13-15(11-17-19(18(13)32-16)31-7-6-30-17)29-5-2-24-3-8-34(26,27)9-4-24/h10-12H,2-9H2,1H3. The number of methoxy groups -OCH3 is 1. The normalized spacial score (nSPS) is 17.9. The molecule has 1 fully saturated rings. The third-order valence-electron chi connectivity index (χ3n) is 5.83. The maximum Gasteiger partial charge on any atom is 0.294 e. The van der Waals surface area contributed by atoms with E-state index in [0.717, 1.165) is 5.39 Å². The SMILES string of the molecule is COc1nn2cc(-c3cc4c(OCCN5CCS(=O)(=O)CC5)cc5c(c4o3)OCCO5)nc2s1. The van der Waals surface area contributed by atoms with Gasteiger partial charge in [0.15, 0.2) is 26.9 Å². The fraction of sp³-hybridized carbons (Fsp3) is 0.429. The number of sulfone groups is 1. The number of aromatic nitrogens is 3. The lowest BCUT2D eigenvalue weighted by Gasteiger charge is -2.26. The Kier molecular flexibility index (Phi) is 5.26. The summed E-state index contributed by atoms with van der Waals surface area (Å²) < 4.78 is 54.0. The van der Waals surface area contributed by atoms with Crippen molar-refractivity contribution in [1.29, 1.82) is 0 Å². The van der Waals surface area contributed by atoms with E-state index in [0.29, 0.717) is 83.9 Å². The van der Waals surface area contributed by atoms with Crippen molar-refractivity contribution in [3.8, 4) is 33.9 Å². The van der Waals surface area contributed by atoms with Crippen molar-refractivity contribution in [1.82, 2.24) is 19.5 Å². The van der Waals surface area contributed by atoms with Crippen molar-refractivity contribution in [3.05, 3.63) is 18.3 Å². The summed E-state index contributed by atoms with van der Waals surface area (Å²) in [5, 5.41) is 5.59. The first-order valence-electron chi connectivity index (χ1n) is 10.8. The van der Waals surface area contributed by atoms with Crippen LogP contribution in [0, 0.1) is 0 Å². The molecule has 5 heterocycles. The van der Waals surface area contributed by atoms with Crippen LogP contribution in [0.2, 0.25) is 0 Å². The van der Waals surface area contributed by atoms with E-state index in [9.17, 15) is 8.42 Å². The van der Waals surface area contributed by atoms with Crippen LogP contribution in [-0.2, 0) is 9.84 Å². The van der Waals surface area contributed by atoms with Crippen molar-refractivity contribution in [3.63, 3.8) is 0 Å². The van der Waals surface area contributed by atoms with Crippen LogP contribution in [0.4, 0.5) is 0 Å². The Hall–Kier alpha value is -3.03. The van der Waals surface area contributed by atoms with Crippen LogP contribution >= 0.6 is 11.3 Å². The average molecular weight is 507 g/mol. The number of ether oxygens (including phenoxy) is 4. The number of imidazole rings is 1. The van der Waals surface area contributed by atoms with E-state index >= 15 is 0 Å². The van der Waals surface area contributed by atoms with Crippen LogP contribution in [0.5, 0.6) is 22.4 Å². The Morgan fingerprint density at radius 1 is 1.18 bits per heavy atom. The summed E-state index contributed by atoms with van der Waals surface area (Å²) in [5.74, 6) is 2.66. The van der Waals surface area contributed by atoms with E-state index in [-0.39, 0.29) is 11.5 Å². The van der Waals surface area contributed by atoms with Crippen LogP contribution < -0.4 is 18.9 Å². The highest BCUT2D eigenvalue weighted by atomic mass is 32.2. The molecule has 0 saturated carbocycles. The second-order valence-corrected chi connectivity index (χ2v) is 11.2. The molecule has 0 atom stereocenters. The Morgan fingerprint density at radius 3 is 2.79 bits per heavy atom. The molecule has 2 aliphatic rings. The smallest absolute Gasteiger partial charge is 0.294 e. The van der Waals surface area contributed by atoms with Gasteiger partial charge in [-0.05, 0) is 17.4 Å². The van der Waals surface area contributed by atoms with Crippen LogP contribution in [0.3, 0.4) is 0 Å². The molecular formula is C21H22N4O7S2. The van der Waals surface area contributed by atoms with E-state index in [1.165, 1.54) is 11.3 Å². The monoisotopic (exact) mass is 506 g/mol. The summed E-state index contributed by atoms with van der Waals surface area (Å²) in [5.41, 5.74) is 1.16. The topological polar surface area (TPSA) is 118 Å². The highest BCUT2D eigenvalue weighted by Gasteiger charge is 2.25. The second-order valence-electron chi connectivity index (χ2n) is 8.02. The van der Waals surface area contributed by atoms with Gasteiger partial charge in [0.2, 0.25) is 10.7 Å². The molecule has 0 spiro atoms. The molecule has 0 radical (unpaired) electrons. The lowest BCUT2D eigenvalue weighted by Crippen LogP contribution is -2.42. The summed E-state index contributed by atoms with van der Waals surface area (Å²) >= 11 is 1.34. The van der Waals surface area contributed by atoms with Crippen LogP contribution in [0.25, 0.3) is 27.4 Å². The first kappa shape index (κ1) is 21.5. The minimum absolute atomic E-state index is 0.190. The number of nitrogens with zero attached hydrogens (tertiary/aromatic N) is 4. The van der Waals surface area contributed by atoms with Crippen molar-refractivity contribution in [2.75, 3.05) is 58.1 Å². The number of hydrogen-bond acceptors (Lipinski definition) is 11. The molecule has 180 valence electrons. The molecule has 0 unspecified atom stereocenters. The fourth-order valence-electron chi connectivity index (χ4n) is 4.04. The number of rotatable bonds is 6. The van der Waals surface area contributed by atoms with Gasteiger partial charge in [-0.2, -0.15) is 0 Å². The van der Waals surface area contributed by atoms with Crippen molar-refractivity contribution in [2.45, 2.75) is 0 Å². The summed E-state index contributed by atoms with van der Waals surface area (Å²) in [6.45, 7) is 2.95. The molecule has 11 nitrogen and oxygen atoms in total. The van der Waals surface area contributed by atoms with Gasteiger partial charge in [-0.25, -0.2) is 17.9 Å². The van der Waals surface area contributed by atoms with Crippen molar-refractivity contribution < 1.29 is 31.8 Å². The maximum absolute atomic E-state index is 11.7. The summed E-state index contributed by atoms with van der Waals surface area (Å²) in [6, 6.07) is 3.69. The van der Waals surface area contributed by atoms with E-state index in [4.69, 9.17) is 23.4 Å². The number of fused-ring (bicyclic) bond motifs is 4. The lowest BCUT2D eigenvalue weighted by molar-refractivity contribution is 0.170. The predicted octanol–water partition coefficient (Wildman–Crippen LogP) is 2.09. The molecule has 0 aliphatic carbocycles. The molecule has 1 saturated heterocycles. The minimum Gasteiger partial charge on any atom is -0.491 e.